The van der Waals surface area contributed by atoms with Gasteiger partial charge in [0.05, 0.1) is 6.61 Å². The maximum absolute atomic E-state index is 12.3. The van der Waals surface area contributed by atoms with Crippen molar-refractivity contribution in [2.45, 2.75) is 38.9 Å². The SMILES string of the molecule is CC1(C)OCC(C(=O)O)C(NC(=O)OCc2cccc3c2Cc2ccccc2-3)O1. The summed E-state index contributed by atoms with van der Waals surface area (Å²) in [6.45, 7) is 3.36. The lowest BCUT2D eigenvalue weighted by molar-refractivity contribution is -0.294. The van der Waals surface area contributed by atoms with Gasteiger partial charge < -0.3 is 19.3 Å². The van der Waals surface area contributed by atoms with Crippen molar-refractivity contribution in [1.82, 2.24) is 5.32 Å². The first kappa shape index (κ1) is 19.4. The fourth-order valence-electron chi connectivity index (χ4n) is 3.79. The minimum absolute atomic E-state index is 0.0578. The summed E-state index contributed by atoms with van der Waals surface area (Å²) >= 11 is 0. The van der Waals surface area contributed by atoms with E-state index in [-0.39, 0.29) is 13.2 Å². The number of benzene rings is 2. The Bertz CT molecular complexity index is 954. The van der Waals surface area contributed by atoms with Crippen molar-refractivity contribution in [3.05, 3.63) is 59.2 Å². The van der Waals surface area contributed by atoms with Crippen molar-refractivity contribution < 1.29 is 28.9 Å². The normalized spacial score (nSPS) is 21.7. The van der Waals surface area contributed by atoms with Crippen LogP contribution in [-0.4, -0.2) is 35.8 Å². The topological polar surface area (TPSA) is 94.1 Å². The highest BCUT2D eigenvalue weighted by atomic mass is 16.7. The van der Waals surface area contributed by atoms with Gasteiger partial charge in [0.2, 0.25) is 0 Å². The van der Waals surface area contributed by atoms with Crippen LogP contribution in [0.1, 0.15) is 30.5 Å². The average Bonchev–Trinajstić information content (AvgIpc) is 3.05. The van der Waals surface area contributed by atoms with E-state index in [9.17, 15) is 14.7 Å². The zero-order valence-electron chi connectivity index (χ0n) is 16.3. The van der Waals surface area contributed by atoms with Crippen molar-refractivity contribution in [3.63, 3.8) is 0 Å². The van der Waals surface area contributed by atoms with Crippen LogP contribution in [0.2, 0.25) is 0 Å². The van der Waals surface area contributed by atoms with Crippen LogP contribution in [0.4, 0.5) is 4.79 Å². The van der Waals surface area contributed by atoms with Gasteiger partial charge in [0.15, 0.2) is 12.0 Å². The molecule has 1 saturated heterocycles. The van der Waals surface area contributed by atoms with E-state index in [1.54, 1.807) is 13.8 Å². The second kappa shape index (κ2) is 7.50. The first-order chi connectivity index (χ1) is 13.8. The zero-order valence-corrected chi connectivity index (χ0v) is 16.3. The summed E-state index contributed by atoms with van der Waals surface area (Å²) in [6, 6.07) is 14.2. The molecule has 0 spiro atoms. The van der Waals surface area contributed by atoms with Crippen LogP contribution in [-0.2, 0) is 32.0 Å². The van der Waals surface area contributed by atoms with Gasteiger partial charge >= 0.3 is 12.1 Å². The predicted molar refractivity (Wildman–Crippen MR) is 104 cm³/mol. The van der Waals surface area contributed by atoms with E-state index in [1.165, 1.54) is 11.1 Å². The van der Waals surface area contributed by atoms with Gasteiger partial charge in [-0.05, 0) is 48.1 Å². The molecule has 29 heavy (non-hydrogen) atoms. The fourth-order valence-corrected chi connectivity index (χ4v) is 3.79. The van der Waals surface area contributed by atoms with Crippen LogP contribution in [0.5, 0.6) is 0 Å². The number of carboxylic acid groups (broad SMARTS) is 1. The van der Waals surface area contributed by atoms with Crippen molar-refractivity contribution >= 4 is 12.1 Å². The minimum Gasteiger partial charge on any atom is -0.481 e. The molecule has 7 heteroatoms. The molecule has 0 aromatic heterocycles. The molecule has 152 valence electrons. The van der Waals surface area contributed by atoms with Gasteiger partial charge in [-0.15, -0.1) is 0 Å². The van der Waals surface area contributed by atoms with Gasteiger partial charge in [0, 0.05) is 0 Å². The average molecular weight is 397 g/mol. The number of nitrogens with one attached hydrogen (secondary N) is 1. The Hall–Kier alpha value is -2.90. The van der Waals surface area contributed by atoms with Gasteiger partial charge in [-0.3, -0.25) is 10.1 Å². The first-order valence-corrected chi connectivity index (χ1v) is 9.51. The molecule has 2 N–H and O–H groups in total. The fraction of sp³-hybridized carbons (Fsp3) is 0.364. The van der Waals surface area contributed by atoms with Crippen molar-refractivity contribution in [2.75, 3.05) is 6.61 Å². The molecule has 1 fully saturated rings. The number of ether oxygens (including phenoxy) is 3. The second-order valence-corrected chi connectivity index (χ2v) is 7.69. The molecule has 2 aromatic rings. The number of carbonyl (C=O) groups excluding carboxylic acids is 1. The molecule has 2 aliphatic rings. The summed E-state index contributed by atoms with van der Waals surface area (Å²) in [7, 11) is 0. The third-order valence-electron chi connectivity index (χ3n) is 5.27. The molecule has 1 heterocycles. The number of rotatable bonds is 4. The molecule has 0 saturated carbocycles. The molecule has 2 atom stereocenters. The molecule has 1 amide bonds. The third-order valence-corrected chi connectivity index (χ3v) is 5.27. The third kappa shape index (κ3) is 3.97. The molecule has 2 unspecified atom stereocenters. The summed E-state index contributed by atoms with van der Waals surface area (Å²) in [5.74, 6) is -3.11. The molecule has 0 radical (unpaired) electrons. The maximum atomic E-state index is 12.3. The summed E-state index contributed by atoms with van der Waals surface area (Å²) < 4.78 is 16.3. The van der Waals surface area contributed by atoms with E-state index in [2.05, 4.69) is 23.5 Å². The molecule has 4 rings (SSSR count). The monoisotopic (exact) mass is 397 g/mol. The van der Waals surface area contributed by atoms with Crippen LogP contribution in [0, 0.1) is 5.92 Å². The van der Waals surface area contributed by atoms with Crippen LogP contribution in [0.25, 0.3) is 11.1 Å². The van der Waals surface area contributed by atoms with Gasteiger partial charge in [0.1, 0.15) is 12.5 Å². The Morgan fingerprint density at radius 3 is 2.72 bits per heavy atom. The lowest BCUT2D eigenvalue weighted by Crippen LogP contribution is -2.55. The lowest BCUT2D eigenvalue weighted by atomic mass is 10.0. The van der Waals surface area contributed by atoms with E-state index < -0.39 is 30.0 Å². The molecular formula is C22H23NO6. The summed E-state index contributed by atoms with van der Waals surface area (Å²) in [5, 5.41) is 11.9. The molecular weight excluding hydrogens is 374 g/mol. The number of fused-ring (bicyclic) bond motifs is 3. The molecule has 2 aromatic carbocycles. The highest BCUT2D eigenvalue weighted by Crippen LogP contribution is 2.38. The number of alkyl carbamates (subject to hydrolysis) is 1. The first-order valence-electron chi connectivity index (χ1n) is 9.51. The summed E-state index contributed by atoms with van der Waals surface area (Å²) in [6.07, 6.45) is -0.966. The quantitative estimate of drug-likeness (QED) is 0.702. The standard InChI is InChI=1S/C22H23NO6/c1-22(2)28-12-18(20(24)25)19(29-22)23-21(26)27-11-14-7-5-9-16-15-8-4-3-6-13(15)10-17(14)16/h3-9,18-19H,10-12H2,1-2H3,(H,23,26)(H,24,25). The van der Waals surface area contributed by atoms with Gasteiger partial charge in [-0.1, -0.05) is 42.5 Å². The Balaban J connectivity index is 1.42. The van der Waals surface area contributed by atoms with E-state index in [1.807, 2.05) is 24.3 Å². The summed E-state index contributed by atoms with van der Waals surface area (Å²) in [5.41, 5.74) is 5.69. The van der Waals surface area contributed by atoms with Crippen LogP contribution < -0.4 is 5.32 Å². The number of amides is 1. The highest BCUT2D eigenvalue weighted by Gasteiger charge is 2.41. The van der Waals surface area contributed by atoms with Crippen molar-refractivity contribution in [1.29, 1.82) is 0 Å². The van der Waals surface area contributed by atoms with Crippen molar-refractivity contribution in [3.8, 4) is 11.1 Å². The number of hydrogen-bond donors (Lipinski definition) is 2. The maximum Gasteiger partial charge on any atom is 0.409 e. The minimum atomic E-state index is -1.11. The second-order valence-electron chi connectivity index (χ2n) is 7.69. The molecule has 1 aliphatic carbocycles. The predicted octanol–water partition coefficient (Wildman–Crippen LogP) is 3.29. The Morgan fingerprint density at radius 1 is 1.17 bits per heavy atom. The smallest absolute Gasteiger partial charge is 0.409 e. The Kier molecular flexibility index (Phi) is 5.02. The van der Waals surface area contributed by atoms with E-state index >= 15 is 0 Å². The van der Waals surface area contributed by atoms with Gasteiger partial charge in [-0.2, -0.15) is 0 Å². The largest absolute Gasteiger partial charge is 0.481 e. The number of carboxylic acids is 1. The molecule has 0 bridgehead atoms. The van der Waals surface area contributed by atoms with Crippen LogP contribution in [0.15, 0.2) is 42.5 Å². The Labute approximate surface area is 168 Å². The van der Waals surface area contributed by atoms with E-state index in [4.69, 9.17) is 14.2 Å². The molecule has 7 nitrogen and oxygen atoms in total. The van der Waals surface area contributed by atoms with E-state index in [0.717, 1.165) is 23.1 Å². The highest BCUT2D eigenvalue weighted by molar-refractivity contribution is 5.78. The number of hydrogen-bond acceptors (Lipinski definition) is 5. The zero-order chi connectivity index (χ0) is 20.6. The number of carbonyl (C=O) groups is 2. The van der Waals surface area contributed by atoms with Crippen molar-refractivity contribution in [2.24, 2.45) is 5.92 Å². The summed E-state index contributed by atoms with van der Waals surface area (Å²) in [4.78, 5) is 23.8. The van der Waals surface area contributed by atoms with Gasteiger partial charge in [0.25, 0.3) is 0 Å². The van der Waals surface area contributed by atoms with Crippen LogP contribution >= 0.6 is 0 Å². The Morgan fingerprint density at radius 2 is 1.93 bits per heavy atom. The van der Waals surface area contributed by atoms with Gasteiger partial charge in [-0.25, -0.2) is 4.79 Å². The van der Waals surface area contributed by atoms with Crippen LogP contribution in [0.3, 0.4) is 0 Å². The molecule has 1 aliphatic heterocycles. The lowest BCUT2D eigenvalue weighted by Gasteiger charge is -2.39. The van der Waals surface area contributed by atoms with E-state index in [0.29, 0.717) is 0 Å². The number of aliphatic carboxylic acids is 1.